The molecule has 0 atom stereocenters. The number of para-hydroxylation sites is 1. The number of amides is 1. The highest BCUT2D eigenvalue weighted by Gasteiger charge is 1.99. The molecule has 5 nitrogen and oxygen atoms in total. The van der Waals surface area contributed by atoms with Crippen molar-refractivity contribution in [1.29, 1.82) is 0 Å². The molecule has 0 saturated carbocycles. The number of ether oxygens (including phenoxy) is 1. The first-order valence-electron chi connectivity index (χ1n) is 10.8. The quantitative estimate of drug-likeness (QED) is 0.511. The zero-order chi connectivity index (χ0) is 23.0. The zero-order valence-corrected chi connectivity index (χ0v) is 19.6. The second kappa shape index (κ2) is 22.2. The monoisotopic (exact) mass is 413 g/mol. The molecular formula is C25H39N3O2. The van der Waals surface area contributed by atoms with Crippen LogP contribution in [0.5, 0.6) is 5.75 Å². The molecule has 0 aliphatic rings. The van der Waals surface area contributed by atoms with Gasteiger partial charge in [-0.2, -0.15) is 0 Å². The minimum absolute atomic E-state index is 0.413. The van der Waals surface area contributed by atoms with Gasteiger partial charge in [-0.05, 0) is 24.6 Å². The minimum Gasteiger partial charge on any atom is -0.410 e. The molecule has 30 heavy (non-hydrogen) atoms. The molecular weight excluding hydrogens is 374 g/mol. The SMILES string of the molecule is CC.CC.CC.CCNC(=O)Oc1ccccc1.c1ccc(Cn2ccnc2)cc1. The maximum absolute atomic E-state index is 10.9. The molecule has 0 unspecified atom stereocenters. The second-order valence-corrected chi connectivity index (χ2v) is 4.95. The second-order valence-electron chi connectivity index (χ2n) is 4.95. The fourth-order valence-electron chi connectivity index (χ4n) is 1.95. The molecule has 2 aromatic carbocycles. The van der Waals surface area contributed by atoms with Gasteiger partial charge in [0.25, 0.3) is 0 Å². The highest BCUT2D eigenvalue weighted by atomic mass is 16.5. The Morgan fingerprint density at radius 2 is 1.43 bits per heavy atom. The summed E-state index contributed by atoms with van der Waals surface area (Å²) in [5.74, 6) is 0.559. The van der Waals surface area contributed by atoms with E-state index in [-0.39, 0.29) is 0 Å². The number of benzene rings is 2. The van der Waals surface area contributed by atoms with Gasteiger partial charge in [0.2, 0.25) is 0 Å². The highest BCUT2D eigenvalue weighted by Crippen LogP contribution is 2.07. The first-order valence-corrected chi connectivity index (χ1v) is 10.8. The molecule has 0 aliphatic carbocycles. The lowest BCUT2D eigenvalue weighted by Gasteiger charge is -2.02. The van der Waals surface area contributed by atoms with E-state index in [1.807, 2.05) is 97.4 Å². The van der Waals surface area contributed by atoms with Crippen LogP contribution in [0.3, 0.4) is 0 Å². The number of nitrogens with one attached hydrogen (secondary N) is 1. The molecule has 1 amide bonds. The maximum atomic E-state index is 10.9. The number of hydrogen-bond acceptors (Lipinski definition) is 3. The predicted octanol–water partition coefficient (Wildman–Crippen LogP) is 6.80. The Kier molecular flexibility index (Phi) is 21.6. The van der Waals surface area contributed by atoms with Gasteiger partial charge in [0.15, 0.2) is 0 Å². The molecule has 0 radical (unpaired) electrons. The van der Waals surface area contributed by atoms with Crippen molar-refractivity contribution in [2.24, 2.45) is 0 Å². The molecule has 166 valence electrons. The molecule has 1 heterocycles. The number of nitrogens with zero attached hydrogens (tertiary/aromatic N) is 2. The summed E-state index contributed by atoms with van der Waals surface area (Å²) in [4.78, 5) is 14.9. The minimum atomic E-state index is -0.413. The lowest BCUT2D eigenvalue weighted by molar-refractivity contribution is 0.201. The van der Waals surface area contributed by atoms with E-state index in [0.717, 1.165) is 6.54 Å². The Hall–Kier alpha value is -3.08. The lowest BCUT2D eigenvalue weighted by Crippen LogP contribution is -2.26. The first-order chi connectivity index (χ1) is 14.8. The molecule has 0 saturated heterocycles. The van der Waals surface area contributed by atoms with Crippen molar-refractivity contribution in [3.63, 3.8) is 0 Å². The van der Waals surface area contributed by atoms with Crippen LogP contribution in [0.1, 0.15) is 54.0 Å². The average Bonchev–Trinajstić information content (AvgIpc) is 3.33. The molecule has 3 aromatic rings. The van der Waals surface area contributed by atoms with E-state index in [0.29, 0.717) is 12.3 Å². The Morgan fingerprint density at radius 3 is 1.90 bits per heavy atom. The standard InChI is InChI=1S/C10H10N2.C9H11NO2.3C2H6/c1-2-4-10(5-3-1)8-12-7-6-11-9-12;1-2-10-9(11)12-8-6-4-3-5-7-8;3*1-2/h1-7,9H,8H2;3-7H,2H2,1H3,(H,10,11);3*1-2H3. The van der Waals surface area contributed by atoms with Gasteiger partial charge < -0.3 is 14.6 Å². The zero-order valence-electron chi connectivity index (χ0n) is 19.6. The summed E-state index contributed by atoms with van der Waals surface area (Å²) in [6.45, 7) is 15.3. The van der Waals surface area contributed by atoms with Crippen LogP contribution >= 0.6 is 0 Å². The van der Waals surface area contributed by atoms with E-state index >= 15 is 0 Å². The van der Waals surface area contributed by atoms with Crippen LogP contribution in [0.25, 0.3) is 0 Å². The Balaban J connectivity index is 0. The van der Waals surface area contributed by atoms with Crippen molar-refractivity contribution < 1.29 is 9.53 Å². The van der Waals surface area contributed by atoms with Gasteiger partial charge in [0.05, 0.1) is 6.33 Å². The Labute approximate surface area is 183 Å². The lowest BCUT2D eigenvalue weighted by atomic mass is 10.2. The Bertz CT molecular complexity index is 700. The number of hydrogen-bond donors (Lipinski definition) is 1. The fraction of sp³-hybridized carbons (Fsp3) is 0.360. The smallest absolute Gasteiger partial charge is 0.410 e. The Morgan fingerprint density at radius 1 is 0.900 bits per heavy atom. The maximum Gasteiger partial charge on any atom is 0.412 e. The predicted molar refractivity (Wildman–Crippen MR) is 128 cm³/mol. The molecule has 5 heteroatoms. The molecule has 3 rings (SSSR count). The summed E-state index contributed by atoms with van der Waals surface area (Å²) in [5, 5.41) is 2.53. The third kappa shape index (κ3) is 14.9. The fourth-order valence-corrected chi connectivity index (χ4v) is 1.95. The van der Waals surface area contributed by atoms with Gasteiger partial charge in [0, 0.05) is 25.5 Å². The largest absolute Gasteiger partial charge is 0.412 e. The van der Waals surface area contributed by atoms with Crippen molar-refractivity contribution in [3.05, 3.63) is 84.9 Å². The number of imidazole rings is 1. The van der Waals surface area contributed by atoms with Crippen LogP contribution in [0.4, 0.5) is 4.79 Å². The summed E-state index contributed by atoms with van der Waals surface area (Å²) >= 11 is 0. The van der Waals surface area contributed by atoms with Crippen molar-refractivity contribution in [1.82, 2.24) is 14.9 Å². The summed E-state index contributed by atoms with van der Waals surface area (Å²) in [6.07, 6.45) is 5.17. The van der Waals surface area contributed by atoms with Crippen molar-refractivity contribution in [2.75, 3.05) is 6.54 Å². The van der Waals surface area contributed by atoms with Crippen LogP contribution in [0, 0.1) is 0 Å². The van der Waals surface area contributed by atoms with Crippen molar-refractivity contribution >= 4 is 6.09 Å². The number of carbonyl (C=O) groups is 1. The van der Waals surface area contributed by atoms with Crippen LogP contribution < -0.4 is 10.1 Å². The summed E-state index contributed by atoms with van der Waals surface area (Å²) in [5.41, 5.74) is 1.30. The molecule has 0 bridgehead atoms. The van der Waals surface area contributed by atoms with E-state index in [4.69, 9.17) is 4.74 Å². The van der Waals surface area contributed by atoms with Crippen LogP contribution in [-0.2, 0) is 6.54 Å². The van der Waals surface area contributed by atoms with Gasteiger partial charge in [-0.3, -0.25) is 0 Å². The summed E-state index contributed by atoms with van der Waals surface area (Å²) in [6, 6.07) is 19.3. The van der Waals surface area contributed by atoms with E-state index < -0.39 is 6.09 Å². The topological polar surface area (TPSA) is 56.1 Å². The van der Waals surface area contributed by atoms with Gasteiger partial charge in [0.1, 0.15) is 5.75 Å². The van der Waals surface area contributed by atoms with E-state index in [1.165, 1.54) is 5.56 Å². The van der Waals surface area contributed by atoms with Crippen molar-refractivity contribution in [3.8, 4) is 5.75 Å². The number of carbonyl (C=O) groups excluding carboxylic acids is 1. The third-order valence-electron chi connectivity index (χ3n) is 3.04. The van der Waals surface area contributed by atoms with E-state index in [2.05, 4.69) is 27.0 Å². The third-order valence-corrected chi connectivity index (χ3v) is 3.04. The molecule has 0 spiro atoms. The van der Waals surface area contributed by atoms with Crippen LogP contribution in [0.15, 0.2) is 79.4 Å². The van der Waals surface area contributed by atoms with E-state index in [1.54, 1.807) is 18.3 Å². The normalized spacial score (nSPS) is 8.23. The molecule has 1 N–H and O–H groups in total. The van der Waals surface area contributed by atoms with Gasteiger partial charge in [-0.1, -0.05) is 90.1 Å². The number of rotatable bonds is 4. The van der Waals surface area contributed by atoms with Gasteiger partial charge in [-0.25, -0.2) is 9.78 Å². The number of aromatic nitrogens is 2. The van der Waals surface area contributed by atoms with Crippen molar-refractivity contribution in [2.45, 2.75) is 55.0 Å². The van der Waals surface area contributed by atoms with Gasteiger partial charge in [-0.15, -0.1) is 0 Å². The van der Waals surface area contributed by atoms with Gasteiger partial charge >= 0.3 is 6.09 Å². The highest BCUT2D eigenvalue weighted by molar-refractivity contribution is 5.70. The molecule has 0 aliphatic heterocycles. The van der Waals surface area contributed by atoms with E-state index in [9.17, 15) is 4.79 Å². The molecule has 0 fully saturated rings. The van der Waals surface area contributed by atoms with Crippen LogP contribution in [0.2, 0.25) is 0 Å². The first kappa shape index (κ1) is 29.1. The average molecular weight is 414 g/mol. The molecule has 1 aromatic heterocycles. The summed E-state index contributed by atoms with van der Waals surface area (Å²) < 4.78 is 6.96. The van der Waals surface area contributed by atoms with Crippen LogP contribution in [-0.4, -0.2) is 22.2 Å². The summed E-state index contributed by atoms with van der Waals surface area (Å²) in [7, 11) is 0.